The Kier molecular flexibility index (Phi) is 3.62. The Labute approximate surface area is 162 Å². The molecule has 1 N–H and O–H groups in total. The summed E-state index contributed by atoms with van der Waals surface area (Å²) in [4.78, 5) is 30.2. The summed E-state index contributed by atoms with van der Waals surface area (Å²) in [7, 11) is 2.08. The summed E-state index contributed by atoms with van der Waals surface area (Å²) < 4.78 is 0. The topological polar surface area (TPSA) is 60.9 Å². The van der Waals surface area contributed by atoms with Crippen LogP contribution in [-0.4, -0.2) is 45.5 Å². The highest BCUT2D eigenvalue weighted by atomic mass is 32.2. The summed E-state index contributed by atoms with van der Waals surface area (Å²) in [6, 6.07) is 6.37. The minimum absolute atomic E-state index is 0.0406. The summed E-state index contributed by atoms with van der Waals surface area (Å²) in [6.07, 6.45) is 8.57. The molecule has 3 aliphatic heterocycles. The van der Waals surface area contributed by atoms with Crippen LogP contribution < -0.4 is 4.90 Å². The second-order valence-electron chi connectivity index (χ2n) is 7.69. The molecule has 0 spiro atoms. The molecule has 2 amide bonds. The fraction of sp³-hybridized carbons (Fsp3) is 0.429. The summed E-state index contributed by atoms with van der Waals surface area (Å²) in [5.74, 6) is 0.653. The lowest BCUT2D eigenvalue weighted by Gasteiger charge is -2.42. The Bertz CT molecular complexity index is 880. The van der Waals surface area contributed by atoms with E-state index in [0.717, 1.165) is 5.75 Å². The normalized spacial score (nSPS) is 39.3. The van der Waals surface area contributed by atoms with E-state index >= 15 is 0 Å². The van der Waals surface area contributed by atoms with Gasteiger partial charge in [0.05, 0.1) is 22.4 Å². The Hall–Kier alpha value is -2.05. The van der Waals surface area contributed by atoms with Gasteiger partial charge in [-0.3, -0.25) is 14.5 Å². The van der Waals surface area contributed by atoms with Gasteiger partial charge < -0.3 is 5.11 Å². The van der Waals surface area contributed by atoms with Crippen molar-refractivity contribution in [3.63, 3.8) is 0 Å². The lowest BCUT2D eigenvalue weighted by atomic mass is 9.67. The van der Waals surface area contributed by atoms with Gasteiger partial charge in [-0.1, -0.05) is 31.2 Å². The quantitative estimate of drug-likeness (QED) is 0.815. The third-order valence-electron chi connectivity index (χ3n) is 6.70. The zero-order valence-corrected chi connectivity index (χ0v) is 16.1. The number of nitrogens with zero attached hydrogens (tertiary/aromatic N) is 2. The molecule has 6 atom stereocenters. The smallest absolute Gasteiger partial charge is 0.240 e. The number of rotatable bonds is 3. The van der Waals surface area contributed by atoms with Gasteiger partial charge in [0.25, 0.3) is 0 Å². The number of benzene rings is 1. The number of imide groups is 1. The van der Waals surface area contributed by atoms with E-state index in [2.05, 4.69) is 43.2 Å². The molecule has 3 heterocycles. The number of anilines is 1. The number of hydrogen-bond donors (Lipinski definition) is 1. The predicted molar refractivity (Wildman–Crippen MR) is 105 cm³/mol. The minimum atomic E-state index is -0.381. The highest BCUT2D eigenvalue weighted by Gasteiger charge is 2.76. The average molecular weight is 382 g/mol. The number of aromatic hydroxyl groups is 1. The highest BCUT2D eigenvalue weighted by molar-refractivity contribution is 8.00. The molecule has 0 saturated carbocycles. The maximum atomic E-state index is 13.5. The van der Waals surface area contributed by atoms with Gasteiger partial charge in [0.2, 0.25) is 11.8 Å². The first-order valence-corrected chi connectivity index (χ1v) is 10.4. The highest BCUT2D eigenvalue weighted by Crippen LogP contribution is 2.66. The second-order valence-corrected chi connectivity index (χ2v) is 9.21. The van der Waals surface area contributed by atoms with Crippen molar-refractivity contribution in [2.45, 2.75) is 17.8 Å². The number of carbonyl (C=O) groups excluding carboxylic acids is 2. The molecule has 0 radical (unpaired) electrons. The average Bonchev–Trinajstić information content (AvgIpc) is 3.17. The summed E-state index contributed by atoms with van der Waals surface area (Å²) in [5.41, 5.74) is 0.546. The number of phenols is 1. The molecule has 4 aliphatic rings. The van der Waals surface area contributed by atoms with Crippen LogP contribution in [0.15, 0.2) is 48.6 Å². The summed E-state index contributed by atoms with van der Waals surface area (Å²) in [6.45, 7) is 2.12. The van der Waals surface area contributed by atoms with E-state index in [1.807, 2.05) is 0 Å². The van der Waals surface area contributed by atoms with Crippen molar-refractivity contribution in [1.29, 1.82) is 0 Å². The van der Waals surface area contributed by atoms with Crippen molar-refractivity contribution in [3.05, 3.63) is 48.6 Å². The van der Waals surface area contributed by atoms with Crippen LogP contribution in [0.4, 0.5) is 5.69 Å². The van der Waals surface area contributed by atoms with Crippen molar-refractivity contribution in [2.75, 3.05) is 17.7 Å². The fourth-order valence-corrected chi connectivity index (χ4v) is 7.49. The second kappa shape index (κ2) is 5.72. The summed E-state index contributed by atoms with van der Waals surface area (Å²) >= 11 is 1.80. The van der Waals surface area contributed by atoms with Gasteiger partial charge >= 0.3 is 0 Å². The zero-order valence-electron chi connectivity index (χ0n) is 15.3. The molecule has 5 rings (SSSR count). The van der Waals surface area contributed by atoms with E-state index < -0.39 is 0 Å². The third kappa shape index (κ3) is 1.95. The first-order valence-electron chi connectivity index (χ1n) is 9.41. The van der Waals surface area contributed by atoms with Crippen LogP contribution in [0.3, 0.4) is 0 Å². The molecular formula is C21H22N2O3S. The van der Waals surface area contributed by atoms with Crippen LogP contribution >= 0.6 is 11.8 Å². The molecule has 1 aromatic rings. The van der Waals surface area contributed by atoms with Crippen LogP contribution in [-0.2, 0) is 9.59 Å². The van der Waals surface area contributed by atoms with Crippen molar-refractivity contribution < 1.29 is 14.7 Å². The SMILES string of the molecule is CCSC12C3C=CC=CC3C(C3C(=O)N(c4ccc(O)cc4)C(=O)C31)N2C. The number of fused-ring (bicyclic) bond motifs is 8. The first-order chi connectivity index (χ1) is 13.0. The van der Waals surface area contributed by atoms with Crippen LogP contribution in [0.1, 0.15) is 6.92 Å². The Balaban J connectivity index is 1.63. The van der Waals surface area contributed by atoms with Crippen LogP contribution in [0.2, 0.25) is 0 Å². The number of hydrogen-bond acceptors (Lipinski definition) is 5. The number of phenolic OH excluding ortho intramolecular Hbond substituents is 1. The maximum Gasteiger partial charge on any atom is 0.240 e. The van der Waals surface area contributed by atoms with Gasteiger partial charge in [-0.05, 0) is 37.1 Å². The van der Waals surface area contributed by atoms with E-state index in [-0.39, 0.29) is 52.1 Å². The Morgan fingerprint density at radius 2 is 1.81 bits per heavy atom. The van der Waals surface area contributed by atoms with E-state index in [4.69, 9.17) is 0 Å². The number of thioether (sulfide) groups is 1. The molecule has 1 aliphatic carbocycles. The fourth-order valence-electron chi connectivity index (χ4n) is 5.84. The third-order valence-corrected chi connectivity index (χ3v) is 8.26. The van der Waals surface area contributed by atoms with Gasteiger partial charge in [0.1, 0.15) is 5.75 Å². The van der Waals surface area contributed by atoms with Crippen molar-refractivity contribution in [1.82, 2.24) is 4.90 Å². The van der Waals surface area contributed by atoms with Crippen LogP contribution in [0, 0.1) is 23.7 Å². The molecule has 140 valence electrons. The molecule has 6 unspecified atom stereocenters. The van der Waals surface area contributed by atoms with Gasteiger partial charge in [0.15, 0.2) is 0 Å². The minimum Gasteiger partial charge on any atom is -0.508 e. The van der Waals surface area contributed by atoms with Crippen LogP contribution in [0.25, 0.3) is 0 Å². The van der Waals surface area contributed by atoms with Gasteiger partial charge in [-0.25, -0.2) is 4.90 Å². The van der Waals surface area contributed by atoms with E-state index in [9.17, 15) is 14.7 Å². The number of amides is 2. The monoisotopic (exact) mass is 382 g/mol. The standard InChI is InChI=1S/C21H22N2O3S/c1-3-27-21-15-7-5-4-6-14(15)18(22(21)2)16-17(21)20(26)23(19(16)25)12-8-10-13(24)11-9-12/h4-11,14-18,24H,3H2,1-2H3. The molecule has 0 aromatic heterocycles. The summed E-state index contributed by atoms with van der Waals surface area (Å²) in [5, 5.41) is 9.56. The molecule has 1 aromatic carbocycles. The van der Waals surface area contributed by atoms with Crippen molar-refractivity contribution in [2.24, 2.45) is 23.7 Å². The molecule has 6 heteroatoms. The molecule has 5 nitrogen and oxygen atoms in total. The van der Waals surface area contributed by atoms with E-state index in [0.29, 0.717) is 5.69 Å². The van der Waals surface area contributed by atoms with Gasteiger partial charge in [-0.15, -0.1) is 11.8 Å². The lowest BCUT2D eigenvalue weighted by molar-refractivity contribution is -0.123. The zero-order chi connectivity index (χ0) is 18.9. The van der Waals surface area contributed by atoms with Gasteiger partial charge in [0, 0.05) is 17.9 Å². The van der Waals surface area contributed by atoms with Crippen LogP contribution in [0.5, 0.6) is 5.75 Å². The number of carbonyl (C=O) groups is 2. The predicted octanol–water partition coefficient (Wildman–Crippen LogP) is 2.63. The van der Waals surface area contributed by atoms with Gasteiger partial charge in [-0.2, -0.15) is 0 Å². The number of allylic oxidation sites excluding steroid dienone is 2. The first kappa shape index (κ1) is 17.1. The Morgan fingerprint density at radius 1 is 1.11 bits per heavy atom. The molecule has 3 saturated heterocycles. The van der Waals surface area contributed by atoms with E-state index in [1.54, 1.807) is 23.9 Å². The lowest BCUT2D eigenvalue weighted by Crippen LogP contribution is -2.50. The Morgan fingerprint density at radius 3 is 2.52 bits per heavy atom. The maximum absolute atomic E-state index is 13.5. The molecule has 3 fully saturated rings. The van der Waals surface area contributed by atoms with Crippen molar-refractivity contribution >= 4 is 29.3 Å². The van der Waals surface area contributed by atoms with Crippen molar-refractivity contribution in [3.8, 4) is 5.75 Å². The largest absolute Gasteiger partial charge is 0.508 e. The van der Waals surface area contributed by atoms with E-state index in [1.165, 1.54) is 17.0 Å². The molecular weight excluding hydrogens is 360 g/mol. The molecule has 27 heavy (non-hydrogen) atoms. The molecule has 2 bridgehead atoms.